The molecule has 5 atom stereocenters. The Labute approximate surface area is 292 Å². The average molecular weight is 702 g/mol. The normalized spacial score (nSPS) is 20.3. The third kappa shape index (κ3) is 22.5. The van der Waals surface area contributed by atoms with Gasteiger partial charge < -0.3 is 38.8 Å². The molecule has 1 heterocycles. The monoisotopic (exact) mass is 701 g/mol. The Hall–Kier alpha value is -2.77. The molecule has 284 valence electrons. The molecule has 0 aliphatic carbocycles. The molecule has 0 radical (unpaired) electrons. The molecular weight excluding hydrogens is 638 g/mol. The number of carbonyl (C=O) groups excluding carboxylic acids is 5. The van der Waals surface area contributed by atoms with E-state index < -0.39 is 54.6 Å². The quantitative estimate of drug-likeness (QED) is 0.0620. The van der Waals surface area contributed by atoms with Crippen LogP contribution in [0.4, 0.5) is 0 Å². The van der Waals surface area contributed by atoms with Crippen LogP contribution in [0.2, 0.25) is 0 Å². The third-order valence-electron chi connectivity index (χ3n) is 8.19. The summed E-state index contributed by atoms with van der Waals surface area (Å²) in [5.74, 6) is -2.44. The number of amides is 1. The summed E-state index contributed by atoms with van der Waals surface area (Å²) in [4.78, 5) is 59.1. The van der Waals surface area contributed by atoms with E-state index in [9.17, 15) is 24.0 Å². The second kappa shape index (κ2) is 28.0. The maximum Gasteiger partial charge on any atom is 0.303 e. The van der Waals surface area contributed by atoms with E-state index >= 15 is 0 Å². The molecular formula is C36H63NO12. The summed E-state index contributed by atoms with van der Waals surface area (Å²) in [6, 6.07) is 0. The van der Waals surface area contributed by atoms with Crippen LogP contribution in [0.3, 0.4) is 0 Å². The average Bonchev–Trinajstić information content (AvgIpc) is 3.03. The Bertz CT molecular complexity index is 945. The van der Waals surface area contributed by atoms with E-state index in [1.807, 2.05) is 0 Å². The summed E-state index contributed by atoms with van der Waals surface area (Å²) in [5.41, 5.74) is 0. The number of unbranched alkanes of at least 4 members (excludes halogenated alkanes) is 15. The largest absolute Gasteiger partial charge is 0.463 e. The van der Waals surface area contributed by atoms with E-state index in [-0.39, 0.29) is 19.1 Å². The van der Waals surface area contributed by atoms with Gasteiger partial charge in [0.15, 0.2) is 24.6 Å². The highest BCUT2D eigenvalue weighted by molar-refractivity contribution is 5.75. The fraction of sp³-hybridized carbons (Fsp3) is 0.861. The van der Waals surface area contributed by atoms with Crippen LogP contribution >= 0.6 is 0 Å². The molecule has 0 aromatic heterocycles. The van der Waals surface area contributed by atoms with E-state index in [1.54, 1.807) is 0 Å². The van der Waals surface area contributed by atoms with Gasteiger partial charge in [0.2, 0.25) is 5.91 Å². The zero-order chi connectivity index (χ0) is 36.3. The van der Waals surface area contributed by atoms with Crippen molar-refractivity contribution in [3.8, 4) is 0 Å². The van der Waals surface area contributed by atoms with E-state index in [0.717, 1.165) is 70.8 Å². The molecule has 0 saturated carbocycles. The van der Waals surface area contributed by atoms with E-state index in [4.69, 9.17) is 33.5 Å². The molecule has 1 saturated heterocycles. The number of aliphatic hydroxyl groups excluding tert-OH is 1. The Morgan fingerprint density at radius 2 is 1.04 bits per heavy atom. The zero-order valence-electron chi connectivity index (χ0n) is 30.4. The first-order valence-electron chi connectivity index (χ1n) is 18.3. The van der Waals surface area contributed by atoms with Crippen LogP contribution in [0.25, 0.3) is 0 Å². The van der Waals surface area contributed by atoms with Gasteiger partial charge in [0, 0.05) is 53.9 Å². The van der Waals surface area contributed by atoms with Crippen LogP contribution in [0.15, 0.2) is 0 Å². The summed E-state index contributed by atoms with van der Waals surface area (Å²) >= 11 is 0. The van der Waals surface area contributed by atoms with Gasteiger partial charge in [-0.15, -0.1) is 0 Å². The molecule has 13 heteroatoms. The van der Waals surface area contributed by atoms with Crippen molar-refractivity contribution in [1.29, 1.82) is 0 Å². The van der Waals surface area contributed by atoms with Crippen molar-refractivity contribution in [2.45, 2.75) is 174 Å². The van der Waals surface area contributed by atoms with Gasteiger partial charge in [-0.2, -0.15) is 0 Å². The Balaban J connectivity index is 2.26. The lowest BCUT2D eigenvalue weighted by Gasteiger charge is -2.44. The SMILES string of the molecule is CC(=O)OC[C@H]1O[C@@H](OCCCCCCCCCCCCCCCC(=O)NCCCCCCO)[C@H](OC(C)=O)[C@@H](OC(C)=O)[C@@H]1OC(C)=O. The summed E-state index contributed by atoms with van der Waals surface area (Å²) in [5, 5.41) is 11.8. The highest BCUT2D eigenvalue weighted by atomic mass is 16.7. The number of esters is 4. The summed E-state index contributed by atoms with van der Waals surface area (Å²) in [6.07, 6.45) is 13.1. The highest BCUT2D eigenvalue weighted by Gasteiger charge is 2.52. The van der Waals surface area contributed by atoms with Gasteiger partial charge in [-0.1, -0.05) is 83.5 Å². The minimum atomic E-state index is -1.23. The number of aliphatic hydroxyl groups is 1. The summed E-state index contributed by atoms with van der Waals surface area (Å²) in [7, 11) is 0. The molecule has 1 rings (SSSR count). The standard InChI is InChI=1S/C36H63NO12/c1-27(39)45-26-31-33(46-28(2)40)34(47-29(3)41)35(48-30(4)42)36(49-31)44-25-21-17-13-11-9-7-5-6-8-10-12-14-18-22-32(43)37-23-19-15-16-20-24-38/h31,33-36,38H,5-26H2,1-4H3,(H,37,43)/t31-,33-,34+,35-,36-/m1/s1. The van der Waals surface area contributed by atoms with Crippen LogP contribution in [0, 0.1) is 0 Å². The predicted molar refractivity (Wildman–Crippen MR) is 181 cm³/mol. The fourth-order valence-corrected chi connectivity index (χ4v) is 5.76. The summed E-state index contributed by atoms with van der Waals surface area (Å²) in [6.45, 7) is 5.77. The number of rotatable bonds is 28. The summed E-state index contributed by atoms with van der Waals surface area (Å²) < 4.78 is 33.2. The van der Waals surface area contributed by atoms with Crippen LogP contribution in [0.1, 0.15) is 143 Å². The van der Waals surface area contributed by atoms with Crippen LogP contribution < -0.4 is 5.32 Å². The molecule has 0 aromatic carbocycles. The first-order valence-corrected chi connectivity index (χ1v) is 18.3. The lowest BCUT2D eigenvalue weighted by Crippen LogP contribution is -2.63. The van der Waals surface area contributed by atoms with Crippen LogP contribution in [-0.4, -0.2) is 92.0 Å². The molecule has 13 nitrogen and oxygen atoms in total. The number of nitrogens with one attached hydrogen (secondary N) is 1. The van der Waals surface area contributed by atoms with E-state index in [0.29, 0.717) is 13.0 Å². The van der Waals surface area contributed by atoms with Crippen molar-refractivity contribution in [2.75, 3.05) is 26.4 Å². The maximum absolute atomic E-state index is 11.9. The lowest BCUT2D eigenvalue weighted by molar-refractivity contribution is -0.308. The molecule has 1 aliphatic rings. The maximum atomic E-state index is 11.9. The van der Waals surface area contributed by atoms with Crippen molar-refractivity contribution in [3.05, 3.63) is 0 Å². The molecule has 1 fully saturated rings. The Morgan fingerprint density at radius 1 is 0.571 bits per heavy atom. The highest BCUT2D eigenvalue weighted by Crippen LogP contribution is 2.30. The lowest BCUT2D eigenvalue weighted by atomic mass is 9.98. The topological polar surface area (TPSA) is 173 Å². The first-order chi connectivity index (χ1) is 23.5. The Kier molecular flexibility index (Phi) is 25.3. The Morgan fingerprint density at radius 3 is 1.57 bits per heavy atom. The van der Waals surface area contributed by atoms with Gasteiger partial charge in [-0.3, -0.25) is 24.0 Å². The number of carbonyl (C=O) groups is 5. The first kappa shape index (κ1) is 44.3. The number of hydrogen-bond acceptors (Lipinski definition) is 12. The molecule has 2 N–H and O–H groups in total. The molecule has 1 amide bonds. The van der Waals surface area contributed by atoms with Gasteiger partial charge in [-0.25, -0.2) is 0 Å². The number of ether oxygens (including phenoxy) is 6. The van der Waals surface area contributed by atoms with E-state index in [2.05, 4.69) is 5.32 Å². The molecule has 0 unspecified atom stereocenters. The van der Waals surface area contributed by atoms with Crippen molar-refractivity contribution < 1.29 is 57.5 Å². The van der Waals surface area contributed by atoms with Crippen molar-refractivity contribution in [3.63, 3.8) is 0 Å². The second-order valence-corrected chi connectivity index (χ2v) is 12.8. The van der Waals surface area contributed by atoms with Gasteiger partial charge >= 0.3 is 23.9 Å². The van der Waals surface area contributed by atoms with Crippen molar-refractivity contribution >= 4 is 29.8 Å². The van der Waals surface area contributed by atoms with Gasteiger partial charge in [0.1, 0.15) is 12.7 Å². The van der Waals surface area contributed by atoms with Crippen LogP contribution in [-0.2, 0) is 52.4 Å². The number of hydrogen-bond donors (Lipinski definition) is 2. The predicted octanol–water partition coefficient (Wildman–Crippen LogP) is 5.22. The smallest absolute Gasteiger partial charge is 0.303 e. The minimum Gasteiger partial charge on any atom is -0.463 e. The fourth-order valence-electron chi connectivity index (χ4n) is 5.76. The third-order valence-corrected chi connectivity index (χ3v) is 8.19. The molecule has 0 bridgehead atoms. The van der Waals surface area contributed by atoms with Crippen molar-refractivity contribution in [2.24, 2.45) is 0 Å². The van der Waals surface area contributed by atoms with Gasteiger partial charge in [0.05, 0.1) is 0 Å². The zero-order valence-corrected chi connectivity index (χ0v) is 30.4. The van der Waals surface area contributed by atoms with Gasteiger partial charge in [0.25, 0.3) is 0 Å². The van der Waals surface area contributed by atoms with Gasteiger partial charge in [-0.05, 0) is 25.7 Å². The second-order valence-electron chi connectivity index (χ2n) is 12.8. The van der Waals surface area contributed by atoms with Crippen LogP contribution in [0.5, 0.6) is 0 Å². The van der Waals surface area contributed by atoms with E-state index in [1.165, 1.54) is 72.6 Å². The minimum absolute atomic E-state index is 0.150. The molecule has 0 aromatic rings. The molecule has 49 heavy (non-hydrogen) atoms. The molecule has 0 spiro atoms. The molecule has 1 aliphatic heterocycles. The van der Waals surface area contributed by atoms with Crippen molar-refractivity contribution in [1.82, 2.24) is 5.32 Å².